The van der Waals surface area contributed by atoms with Crippen LogP contribution < -0.4 is 10.6 Å². The van der Waals surface area contributed by atoms with Gasteiger partial charge in [-0.1, -0.05) is 0 Å². The molecule has 2 heterocycles. The summed E-state index contributed by atoms with van der Waals surface area (Å²) in [6, 6.07) is 2.28. The molecular weight excluding hydrogens is 164 g/mol. The van der Waals surface area contributed by atoms with Crippen molar-refractivity contribution in [2.24, 2.45) is 17.6 Å². The van der Waals surface area contributed by atoms with Crippen LogP contribution in [0.15, 0.2) is 18.5 Å². The average Bonchev–Trinajstić information content (AvgIpc) is 2.67. The molecule has 2 aliphatic rings. The Labute approximate surface area is 76.8 Å². The summed E-state index contributed by atoms with van der Waals surface area (Å²) in [7, 11) is 0. The first-order chi connectivity index (χ1) is 6.36. The lowest BCUT2D eigenvalue weighted by Gasteiger charge is -2.17. The second-order valence-corrected chi connectivity index (χ2v) is 3.86. The van der Waals surface area contributed by atoms with Gasteiger partial charge in [-0.05, 0) is 17.9 Å². The summed E-state index contributed by atoms with van der Waals surface area (Å²) in [5, 5.41) is 0. The molecule has 1 saturated heterocycles. The molecule has 2 atom stereocenters. The van der Waals surface area contributed by atoms with Crippen LogP contribution in [0.1, 0.15) is 0 Å². The van der Waals surface area contributed by atoms with E-state index in [-0.39, 0.29) is 0 Å². The molecular formula is C9H12N4. The molecule has 13 heavy (non-hydrogen) atoms. The van der Waals surface area contributed by atoms with E-state index < -0.39 is 0 Å². The van der Waals surface area contributed by atoms with Crippen molar-refractivity contribution in [2.45, 2.75) is 6.04 Å². The fourth-order valence-corrected chi connectivity index (χ4v) is 2.19. The van der Waals surface area contributed by atoms with E-state index in [0.717, 1.165) is 19.0 Å². The Hall–Kier alpha value is -1.16. The molecule has 1 aliphatic carbocycles. The van der Waals surface area contributed by atoms with Gasteiger partial charge in [-0.25, -0.2) is 9.97 Å². The van der Waals surface area contributed by atoms with Crippen molar-refractivity contribution in [1.29, 1.82) is 0 Å². The minimum absolute atomic E-state index is 0.444. The van der Waals surface area contributed by atoms with Crippen LogP contribution in [0, 0.1) is 11.8 Å². The van der Waals surface area contributed by atoms with Crippen LogP contribution >= 0.6 is 0 Å². The molecule has 4 heteroatoms. The lowest BCUT2D eigenvalue weighted by molar-refractivity contribution is 0.725. The van der Waals surface area contributed by atoms with E-state index in [4.69, 9.17) is 5.73 Å². The zero-order valence-corrected chi connectivity index (χ0v) is 7.30. The minimum Gasteiger partial charge on any atom is -0.340 e. The van der Waals surface area contributed by atoms with Gasteiger partial charge in [-0.2, -0.15) is 0 Å². The van der Waals surface area contributed by atoms with Gasteiger partial charge < -0.3 is 10.6 Å². The fourth-order valence-electron chi connectivity index (χ4n) is 2.19. The van der Waals surface area contributed by atoms with Gasteiger partial charge in [-0.15, -0.1) is 0 Å². The van der Waals surface area contributed by atoms with Gasteiger partial charge in [0.15, 0.2) is 0 Å². The van der Waals surface area contributed by atoms with Gasteiger partial charge in [-0.3, -0.25) is 0 Å². The van der Waals surface area contributed by atoms with Crippen LogP contribution in [0.4, 0.5) is 5.95 Å². The van der Waals surface area contributed by atoms with E-state index in [9.17, 15) is 0 Å². The quantitative estimate of drug-likeness (QED) is 0.647. The Balaban J connectivity index is 1.76. The second kappa shape index (κ2) is 2.42. The normalized spacial score (nSPS) is 36.1. The molecule has 1 aromatic heterocycles. The first-order valence-electron chi connectivity index (χ1n) is 4.64. The first kappa shape index (κ1) is 7.26. The van der Waals surface area contributed by atoms with Gasteiger partial charge in [0.1, 0.15) is 0 Å². The summed E-state index contributed by atoms with van der Waals surface area (Å²) in [6.07, 6.45) is 3.57. The Kier molecular flexibility index (Phi) is 1.35. The van der Waals surface area contributed by atoms with Crippen LogP contribution in [0.2, 0.25) is 0 Å². The number of nitrogens with two attached hydrogens (primary N) is 1. The molecule has 2 fully saturated rings. The lowest BCUT2D eigenvalue weighted by Crippen LogP contribution is -2.29. The predicted molar refractivity (Wildman–Crippen MR) is 49.2 cm³/mol. The number of hydrogen-bond acceptors (Lipinski definition) is 4. The van der Waals surface area contributed by atoms with Crippen LogP contribution in [-0.2, 0) is 0 Å². The van der Waals surface area contributed by atoms with Crippen LogP contribution in [0.25, 0.3) is 0 Å². The third-order valence-electron chi connectivity index (χ3n) is 3.10. The number of rotatable bonds is 1. The molecule has 1 aliphatic heterocycles. The van der Waals surface area contributed by atoms with Crippen molar-refractivity contribution in [3.8, 4) is 0 Å². The first-order valence-corrected chi connectivity index (χ1v) is 4.64. The molecule has 68 valence electrons. The van der Waals surface area contributed by atoms with Crippen LogP contribution in [0.5, 0.6) is 0 Å². The Bertz CT molecular complexity index is 301. The van der Waals surface area contributed by atoms with Gasteiger partial charge in [0.05, 0.1) is 0 Å². The Morgan fingerprint density at radius 2 is 1.85 bits per heavy atom. The molecule has 0 amide bonds. The number of hydrogen-bond donors (Lipinski definition) is 1. The van der Waals surface area contributed by atoms with Crippen molar-refractivity contribution in [1.82, 2.24) is 9.97 Å². The zero-order chi connectivity index (χ0) is 8.84. The monoisotopic (exact) mass is 176 g/mol. The van der Waals surface area contributed by atoms with Gasteiger partial charge in [0, 0.05) is 31.5 Å². The number of anilines is 1. The van der Waals surface area contributed by atoms with Gasteiger partial charge >= 0.3 is 0 Å². The maximum atomic E-state index is 5.84. The number of aromatic nitrogens is 2. The third kappa shape index (κ3) is 1.02. The Morgan fingerprint density at radius 3 is 2.46 bits per heavy atom. The number of fused-ring (bicyclic) bond motifs is 1. The van der Waals surface area contributed by atoms with Crippen molar-refractivity contribution in [3.05, 3.63) is 18.5 Å². The molecule has 1 aromatic rings. The summed E-state index contributed by atoms with van der Waals surface area (Å²) >= 11 is 0. The second-order valence-electron chi connectivity index (χ2n) is 3.86. The molecule has 2 N–H and O–H groups in total. The molecule has 0 bridgehead atoms. The maximum Gasteiger partial charge on any atom is 0.225 e. The SMILES string of the molecule is NC1C2CN(c3ncccn3)CC12. The summed E-state index contributed by atoms with van der Waals surface area (Å²) in [5.74, 6) is 2.24. The van der Waals surface area contributed by atoms with Crippen LogP contribution in [0.3, 0.4) is 0 Å². The number of nitrogens with zero attached hydrogens (tertiary/aromatic N) is 3. The van der Waals surface area contributed by atoms with Gasteiger partial charge in [0.2, 0.25) is 5.95 Å². The van der Waals surface area contributed by atoms with E-state index in [0.29, 0.717) is 17.9 Å². The molecule has 0 spiro atoms. The molecule has 1 saturated carbocycles. The summed E-state index contributed by atoms with van der Waals surface area (Å²) in [6.45, 7) is 2.08. The highest BCUT2D eigenvalue weighted by Gasteiger charge is 2.54. The van der Waals surface area contributed by atoms with Crippen LogP contribution in [-0.4, -0.2) is 29.1 Å². The number of piperidine rings is 1. The molecule has 0 aromatic carbocycles. The van der Waals surface area contributed by atoms with E-state index in [1.54, 1.807) is 12.4 Å². The third-order valence-corrected chi connectivity index (χ3v) is 3.10. The zero-order valence-electron chi connectivity index (χ0n) is 7.30. The van der Waals surface area contributed by atoms with Gasteiger partial charge in [0.25, 0.3) is 0 Å². The van der Waals surface area contributed by atoms with E-state index in [1.165, 1.54) is 0 Å². The maximum absolute atomic E-state index is 5.84. The highest BCUT2D eigenvalue weighted by molar-refractivity contribution is 5.35. The standard InChI is InChI=1S/C9H12N4/c10-8-6-4-13(5-7(6)8)9-11-2-1-3-12-9/h1-3,6-8H,4-5,10H2. The largest absolute Gasteiger partial charge is 0.340 e. The lowest BCUT2D eigenvalue weighted by atomic mass is 10.4. The molecule has 3 rings (SSSR count). The van der Waals surface area contributed by atoms with Crippen molar-refractivity contribution >= 4 is 5.95 Å². The summed E-state index contributed by atoms with van der Waals surface area (Å²) in [4.78, 5) is 10.7. The van der Waals surface area contributed by atoms with Crippen molar-refractivity contribution in [3.63, 3.8) is 0 Å². The van der Waals surface area contributed by atoms with E-state index >= 15 is 0 Å². The highest BCUT2D eigenvalue weighted by Crippen LogP contribution is 2.44. The van der Waals surface area contributed by atoms with E-state index in [1.807, 2.05) is 6.07 Å². The smallest absolute Gasteiger partial charge is 0.225 e. The van der Waals surface area contributed by atoms with Crippen molar-refractivity contribution < 1.29 is 0 Å². The van der Waals surface area contributed by atoms with Crippen molar-refractivity contribution in [2.75, 3.05) is 18.0 Å². The summed E-state index contributed by atoms with van der Waals surface area (Å²) in [5.41, 5.74) is 5.84. The summed E-state index contributed by atoms with van der Waals surface area (Å²) < 4.78 is 0. The Morgan fingerprint density at radius 1 is 1.23 bits per heavy atom. The topological polar surface area (TPSA) is 55.0 Å². The highest BCUT2D eigenvalue weighted by atomic mass is 15.3. The molecule has 2 unspecified atom stereocenters. The fraction of sp³-hybridized carbons (Fsp3) is 0.556. The molecule has 4 nitrogen and oxygen atoms in total. The average molecular weight is 176 g/mol. The molecule has 0 radical (unpaired) electrons. The predicted octanol–water partition coefficient (Wildman–Crippen LogP) is -0.130. The minimum atomic E-state index is 0.444. The van der Waals surface area contributed by atoms with E-state index in [2.05, 4.69) is 14.9 Å².